The Morgan fingerprint density at radius 3 is 2.45 bits per heavy atom. The quantitative estimate of drug-likeness (QED) is 0.819. The molecule has 2 rings (SSSR count). The van der Waals surface area contributed by atoms with Crippen molar-refractivity contribution in [2.24, 2.45) is 0 Å². The van der Waals surface area contributed by atoms with E-state index < -0.39 is 0 Å². The summed E-state index contributed by atoms with van der Waals surface area (Å²) in [5.74, 6) is 0. The van der Waals surface area contributed by atoms with Gasteiger partial charge in [0.2, 0.25) is 0 Å². The molecular weight excluding hydrogens is 246 g/mol. The van der Waals surface area contributed by atoms with Gasteiger partial charge in [0, 0.05) is 43.1 Å². The Morgan fingerprint density at radius 1 is 1.10 bits per heavy atom. The number of nitrogen functional groups attached to an aromatic ring is 1. The first kappa shape index (κ1) is 14.5. The largest absolute Gasteiger partial charge is 0.399 e. The van der Waals surface area contributed by atoms with Gasteiger partial charge in [-0.15, -0.1) is 0 Å². The van der Waals surface area contributed by atoms with E-state index in [1.54, 1.807) is 0 Å². The van der Waals surface area contributed by atoms with Crippen LogP contribution in [-0.4, -0.2) is 22.5 Å². The number of anilines is 1. The van der Waals surface area contributed by atoms with Crippen molar-refractivity contribution in [2.75, 3.05) is 12.3 Å². The molecule has 2 aromatic rings. The summed E-state index contributed by atoms with van der Waals surface area (Å²) in [5, 5.41) is 0. The summed E-state index contributed by atoms with van der Waals surface area (Å²) < 4.78 is 0. The first-order chi connectivity index (χ1) is 9.65. The fourth-order valence-electron chi connectivity index (χ4n) is 2.18. The highest BCUT2D eigenvalue weighted by Gasteiger charge is 2.10. The van der Waals surface area contributed by atoms with E-state index in [1.165, 1.54) is 5.56 Å². The zero-order chi connectivity index (χ0) is 14.4. The molecule has 3 heteroatoms. The summed E-state index contributed by atoms with van der Waals surface area (Å²) in [6.45, 7) is 6.43. The third-order valence-electron chi connectivity index (χ3n) is 3.48. The fourth-order valence-corrected chi connectivity index (χ4v) is 2.18. The van der Waals surface area contributed by atoms with Gasteiger partial charge in [0.25, 0.3) is 0 Å². The normalized spacial score (nSPS) is 11.2. The summed E-state index contributed by atoms with van der Waals surface area (Å²) in [6, 6.07) is 14.7. The minimum atomic E-state index is 0.510. The molecule has 0 aliphatic carbocycles. The number of hydrogen-bond donors (Lipinski definition) is 1. The van der Waals surface area contributed by atoms with Crippen molar-refractivity contribution >= 4 is 5.69 Å². The number of nitrogens with zero attached hydrogens (tertiary/aromatic N) is 2. The third-order valence-corrected chi connectivity index (χ3v) is 3.48. The van der Waals surface area contributed by atoms with Crippen molar-refractivity contribution in [1.29, 1.82) is 0 Å². The van der Waals surface area contributed by atoms with Crippen LogP contribution >= 0.6 is 0 Å². The van der Waals surface area contributed by atoms with Crippen LogP contribution in [0.3, 0.4) is 0 Å². The van der Waals surface area contributed by atoms with E-state index in [4.69, 9.17) is 5.73 Å². The van der Waals surface area contributed by atoms with Crippen molar-refractivity contribution in [2.45, 2.75) is 32.9 Å². The zero-order valence-corrected chi connectivity index (χ0v) is 12.3. The highest BCUT2D eigenvalue weighted by molar-refractivity contribution is 5.39. The van der Waals surface area contributed by atoms with E-state index >= 15 is 0 Å². The van der Waals surface area contributed by atoms with Crippen molar-refractivity contribution in [3.63, 3.8) is 0 Å². The maximum atomic E-state index is 5.73. The van der Waals surface area contributed by atoms with Gasteiger partial charge in [-0.05, 0) is 43.7 Å². The molecule has 20 heavy (non-hydrogen) atoms. The Bertz CT molecular complexity index is 506. The Kier molecular flexibility index (Phi) is 5.13. The second-order valence-corrected chi connectivity index (χ2v) is 5.38. The monoisotopic (exact) mass is 269 g/mol. The van der Waals surface area contributed by atoms with Crippen LogP contribution in [0.4, 0.5) is 5.69 Å². The molecule has 1 aromatic carbocycles. The SMILES string of the molecule is CC(C)N(CCc1ccccn1)Cc1ccc(N)cc1. The Labute approximate surface area is 121 Å². The number of pyridine rings is 1. The zero-order valence-electron chi connectivity index (χ0n) is 12.3. The molecule has 0 bridgehead atoms. The van der Waals surface area contributed by atoms with E-state index in [0.717, 1.165) is 30.9 Å². The van der Waals surface area contributed by atoms with Crippen LogP contribution in [-0.2, 0) is 13.0 Å². The third kappa shape index (κ3) is 4.35. The van der Waals surface area contributed by atoms with Gasteiger partial charge >= 0.3 is 0 Å². The molecule has 0 spiro atoms. The fraction of sp³-hybridized carbons (Fsp3) is 0.353. The first-order valence-corrected chi connectivity index (χ1v) is 7.13. The smallest absolute Gasteiger partial charge is 0.0416 e. The molecule has 2 N–H and O–H groups in total. The molecular formula is C17H23N3. The number of rotatable bonds is 6. The maximum Gasteiger partial charge on any atom is 0.0416 e. The molecule has 0 fully saturated rings. The highest BCUT2D eigenvalue weighted by atomic mass is 15.1. The lowest BCUT2D eigenvalue weighted by atomic mass is 10.1. The van der Waals surface area contributed by atoms with Gasteiger partial charge in [-0.25, -0.2) is 0 Å². The molecule has 0 unspecified atom stereocenters. The lowest BCUT2D eigenvalue weighted by Gasteiger charge is -2.26. The van der Waals surface area contributed by atoms with Crippen molar-refractivity contribution in [1.82, 2.24) is 9.88 Å². The Hall–Kier alpha value is -1.87. The minimum absolute atomic E-state index is 0.510. The van der Waals surface area contributed by atoms with Crippen LogP contribution in [0.2, 0.25) is 0 Å². The van der Waals surface area contributed by atoms with Gasteiger partial charge in [0.15, 0.2) is 0 Å². The van der Waals surface area contributed by atoms with E-state index in [1.807, 2.05) is 30.5 Å². The second kappa shape index (κ2) is 7.06. The van der Waals surface area contributed by atoms with Gasteiger partial charge < -0.3 is 5.73 Å². The lowest BCUT2D eigenvalue weighted by Crippen LogP contribution is -2.32. The standard InChI is InChI=1S/C17H23N3/c1-14(2)20(12-10-17-5-3-4-11-19-17)13-15-6-8-16(18)9-7-15/h3-9,11,14H,10,12-13,18H2,1-2H3. The second-order valence-electron chi connectivity index (χ2n) is 5.38. The van der Waals surface area contributed by atoms with Gasteiger partial charge in [-0.1, -0.05) is 18.2 Å². The summed E-state index contributed by atoms with van der Waals surface area (Å²) in [7, 11) is 0. The average molecular weight is 269 g/mol. The van der Waals surface area contributed by atoms with Crippen LogP contribution in [0, 0.1) is 0 Å². The maximum absolute atomic E-state index is 5.73. The summed E-state index contributed by atoms with van der Waals surface area (Å²) in [5.41, 5.74) is 9.00. The molecule has 1 aromatic heterocycles. The van der Waals surface area contributed by atoms with Crippen LogP contribution in [0.5, 0.6) is 0 Å². The van der Waals surface area contributed by atoms with E-state index in [-0.39, 0.29) is 0 Å². The molecule has 1 heterocycles. The van der Waals surface area contributed by atoms with Crippen molar-refractivity contribution in [3.05, 3.63) is 59.9 Å². The molecule has 3 nitrogen and oxygen atoms in total. The molecule has 0 saturated heterocycles. The van der Waals surface area contributed by atoms with Gasteiger partial charge in [0.1, 0.15) is 0 Å². The van der Waals surface area contributed by atoms with Crippen LogP contribution in [0.1, 0.15) is 25.1 Å². The van der Waals surface area contributed by atoms with E-state index in [0.29, 0.717) is 6.04 Å². The Balaban J connectivity index is 1.95. The summed E-state index contributed by atoms with van der Waals surface area (Å²) >= 11 is 0. The highest BCUT2D eigenvalue weighted by Crippen LogP contribution is 2.11. The molecule has 0 aliphatic rings. The van der Waals surface area contributed by atoms with Crippen LogP contribution in [0.25, 0.3) is 0 Å². The molecule has 0 aliphatic heterocycles. The predicted molar refractivity (Wildman–Crippen MR) is 84.3 cm³/mol. The Morgan fingerprint density at radius 2 is 1.85 bits per heavy atom. The predicted octanol–water partition coefficient (Wildman–Crippen LogP) is 3.12. The topological polar surface area (TPSA) is 42.2 Å². The van der Waals surface area contributed by atoms with Gasteiger partial charge in [-0.3, -0.25) is 9.88 Å². The van der Waals surface area contributed by atoms with Gasteiger partial charge in [0.05, 0.1) is 0 Å². The molecule has 0 saturated carbocycles. The molecule has 106 valence electrons. The van der Waals surface area contributed by atoms with E-state index in [9.17, 15) is 0 Å². The minimum Gasteiger partial charge on any atom is -0.399 e. The lowest BCUT2D eigenvalue weighted by molar-refractivity contribution is 0.215. The molecule has 0 radical (unpaired) electrons. The number of nitrogens with two attached hydrogens (primary N) is 1. The molecule has 0 amide bonds. The summed E-state index contributed by atoms with van der Waals surface area (Å²) in [6.07, 6.45) is 2.84. The first-order valence-electron chi connectivity index (χ1n) is 7.13. The van der Waals surface area contributed by atoms with Crippen LogP contribution < -0.4 is 5.73 Å². The van der Waals surface area contributed by atoms with Crippen molar-refractivity contribution < 1.29 is 0 Å². The average Bonchev–Trinajstić information content (AvgIpc) is 2.46. The van der Waals surface area contributed by atoms with Gasteiger partial charge in [-0.2, -0.15) is 0 Å². The number of benzene rings is 1. The summed E-state index contributed by atoms with van der Waals surface area (Å²) in [4.78, 5) is 6.84. The van der Waals surface area contributed by atoms with Crippen molar-refractivity contribution in [3.8, 4) is 0 Å². The number of hydrogen-bond acceptors (Lipinski definition) is 3. The molecule has 0 atom stereocenters. The van der Waals surface area contributed by atoms with E-state index in [2.05, 4.69) is 41.9 Å². The van der Waals surface area contributed by atoms with Crippen LogP contribution in [0.15, 0.2) is 48.7 Å². The number of aromatic nitrogens is 1.